The lowest BCUT2D eigenvalue weighted by Gasteiger charge is -2.13. The van der Waals surface area contributed by atoms with Gasteiger partial charge in [-0.2, -0.15) is 0 Å². The van der Waals surface area contributed by atoms with E-state index < -0.39 is 12.1 Å². The molecule has 168 valence electrons. The van der Waals surface area contributed by atoms with Gasteiger partial charge in [-0.1, -0.05) is 32.0 Å². The normalized spacial score (nSPS) is 16.4. The van der Waals surface area contributed by atoms with Crippen LogP contribution in [0.25, 0.3) is 10.9 Å². The number of carbonyl (C=O) groups excluding carboxylic acids is 3. The number of benzene rings is 1. The van der Waals surface area contributed by atoms with Crippen molar-refractivity contribution in [2.45, 2.75) is 53.1 Å². The van der Waals surface area contributed by atoms with Gasteiger partial charge in [0.1, 0.15) is 6.04 Å². The zero-order chi connectivity index (χ0) is 23.0. The number of nitrogens with zero attached hydrogens (tertiary/aromatic N) is 2. The van der Waals surface area contributed by atoms with Crippen LogP contribution in [-0.4, -0.2) is 44.8 Å². The highest BCUT2D eigenvalue weighted by atomic mass is 16.2. The summed E-state index contributed by atoms with van der Waals surface area (Å²) in [6.07, 6.45) is 3.26. The minimum absolute atomic E-state index is 0.217. The van der Waals surface area contributed by atoms with Gasteiger partial charge in [0.15, 0.2) is 5.78 Å². The Hall–Kier alpha value is -3.35. The Morgan fingerprint density at radius 1 is 1.16 bits per heavy atom. The molecule has 4 rings (SSSR count). The number of fused-ring (bicyclic) bond motifs is 1. The molecule has 3 aromatic rings. The van der Waals surface area contributed by atoms with E-state index in [0.717, 1.165) is 45.7 Å². The summed E-state index contributed by atoms with van der Waals surface area (Å²) in [5.74, 6) is -0.0114. The third kappa shape index (κ3) is 4.07. The Labute approximate surface area is 187 Å². The van der Waals surface area contributed by atoms with Gasteiger partial charge in [-0.3, -0.25) is 14.5 Å². The number of aromatic nitrogens is 2. The predicted octanol–water partition coefficient (Wildman–Crippen LogP) is 3.98. The number of Topliss-reactive ketones (excluding diaryl/α,β-unsaturated/α-hetero) is 1. The first kappa shape index (κ1) is 21.9. The van der Waals surface area contributed by atoms with Gasteiger partial charge in [-0.25, -0.2) is 4.79 Å². The summed E-state index contributed by atoms with van der Waals surface area (Å²) in [6.45, 7) is 8.85. The zero-order valence-electron chi connectivity index (χ0n) is 19.1. The number of hydrogen-bond acceptors (Lipinski definition) is 3. The van der Waals surface area contributed by atoms with Crippen LogP contribution in [0.5, 0.6) is 0 Å². The highest BCUT2D eigenvalue weighted by molar-refractivity contribution is 6.09. The molecule has 0 radical (unpaired) electrons. The van der Waals surface area contributed by atoms with Gasteiger partial charge in [0.2, 0.25) is 0 Å². The maximum Gasteiger partial charge on any atom is 0.325 e. The van der Waals surface area contributed by atoms with Crippen molar-refractivity contribution in [3.63, 3.8) is 0 Å². The summed E-state index contributed by atoms with van der Waals surface area (Å²) < 4.78 is 2.14. The molecule has 1 fully saturated rings. The second-order valence-corrected chi connectivity index (χ2v) is 9.03. The van der Waals surface area contributed by atoms with Crippen LogP contribution in [0.15, 0.2) is 36.5 Å². The minimum atomic E-state index is -0.673. The smallest absolute Gasteiger partial charge is 0.325 e. The number of aryl methyl sites for hydroxylation is 1. The molecule has 0 spiro atoms. The summed E-state index contributed by atoms with van der Waals surface area (Å²) in [4.78, 5) is 42.7. The minimum Gasteiger partial charge on any atom is -0.361 e. The number of rotatable bonds is 8. The molecule has 0 bridgehead atoms. The van der Waals surface area contributed by atoms with E-state index in [1.54, 1.807) is 0 Å². The van der Waals surface area contributed by atoms with Crippen molar-refractivity contribution < 1.29 is 14.4 Å². The van der Waals surface area contributed by atoms with Crippen LogP contribution in [0.2, 0.25) is 0 Å². The standard InChI is InChI=1S/C25H30N4O3/c1-15(2)9-10-28-16(3)11-20(17(28)4)23(30)14-29-24(31)22(27-25(29)32)12-18-13-26-21-8-6-5-7-19(18)21/h5-8,11,13,15,22,26H,9-10,12,14H2,1-4H3,(H,27,32). The fraction of sp³-hybridized carbons (Fsp3) is 0.400. The van der Waals surface area contributed by atoms with E-state index in [1.807, 2.05) is 50.4 Å². The first-order valence-corrected chi connectivity index (χ1v) is 11.1. The van der Waals surface area contributed by atoms with E-state index >= 15 is 0 Å². The zero-order valence-corrected chi connectivity index (χ0v) is 19.1. The molecule has 0 saturated carbocycles. The van der Waals surface area contributed by atoms with Crippen molar-refractivity contribution >= 4 is 28.6 Å². The van der Waals surface area contributed by atoms with Crippen LogP contribution in [0.4, 0.5) is 4.79 Å². The molecule has 1 unspecified atom stereocenters. The number of urea groups is 1. The molecule has 32 heavy (non-hydrogen) atoms. The first-order valence-electron chi connectivity index (χ1n) is 11.1. The monoisotopic (exact) mass is 434 g/mol. The van der Waals surface area contributed by atoms with E-state index in [-0.39, 0.29) is 18.2 Å². The largest absolute Gasteiger partial charge is 0.361 e. The molecule has 1 aromatic carbocycles. The van der Waals surface area contributed by atoms with Crippen LogP contribution in [-0.2, 0) is 17.8 Å². The van der Waals surface area contributed by atoms with Crippen LogP contribution < -0.4 is 5.32 Å². The van der Waals surface area contributed by atoms with E-state index in [0.29, 0.717) is 17.9 Å². The summed E-state index contributed by atoms with van der Waals surface area (Å²) in [6, 6.07) is 8.51. The van der Waals surface area contributed by atoms with Crippen LogP contribution in [0.3, 0.4) is 0 Å². The van der Waals surface area contributed by atoms with E-state index in [1.165, 1.54) is 0 Å². The van der Waals surface area contributed by atoms with Crippen molar-refractivity contribution in [2.24, 2.45) is 5.92 Å². The van der Waals surface area contributed by atoms with Gasteiger partial charge >= 0.3 is 6.03 Å². The van der Waals surface area contributed by atoms with Gasteiger partial charge in [0.05, 0.1) is 6.54 Å². The summed E-state index contributed by atoms with van der Waals surface area (Å²) in [5, 5.41) is 3.77. The van der Waals surface area contributed by atoms with Gasteiger partial charge in [-0.05, 0) is 43.9 Å². The number of ketones is 1. The van der Waals surface area contributed by atoms with E-state index in [4.69, 9.17) is 0 Å². The molecule has 7 heteroatoms. The Kier molecular flexibility index (Phi) is 5.91. The highest BCUT2D eigenvalue weighted by Gasteiger charge is 2.39. The van der Waals surface area contributed by atoms with Crippen molar-refractivity contribution in [2.75, 3.05) is 6.54 Å². The van der Waals surface area contributed by atoms with Crippen molar-refractivity contribution in [1.29, 1.82) is 0 Å². The number of nitrogens with one attached hydrogen (secondary N) is 2. The number of amides is 3. The van der Waals surface area contributed by atoms with Gasteiger partial charge in [0, 0.05) is 47.0 Å². The molecule has 7 nitrogen and oxygen atoms in total. The predicted molar refractivity (Wildman–Crippen MR) is 124 cm³/mol. The second-order valence-electron chi connectivity index (χ2n) is 9.03. The molecule has 3 amide bonds. The molecule has 1 atom stereocenters. The maximum atomic E-state index is 13.0. The quantitative estimate of drug-likeness (QED) is 0.415. The highest BCUT2D eigenvalue weighted by Crippen LogP contribution is 2.22. The average Bonchev–Trinajstić information content (AvgIpc) is 3.37. The third-order valence-electron chi connectivity index (χ3n) is 6.31. The topological polar surface area (TPSA) is 87.2 Å². The number of imide groups is 1. The van der Waals surface area contributed by atoms with Crippen molar-refractivity contribution in [1.82, 2.24) is 19.8 Å². The first-order chi connectivity index (χ1) is 15.3. The lowest BCUT2D eigenvalue weighted by molar-refractivity contribution is -0.127. The Balaban J connectivity index is 1.47. The summed E-state index contributed by atoms with van der Waals surface area (Å²) in [5.41, 5.74) is 4.42. The fourth-order valence-electron chi connectivity index (χ4n) is 4.43. The van der Waals surface area contributed by atoms with Crippen LogP contribution in [0.1, 0.15) is 47.6 Å². The van der Waals surface area contributed by atoms with Gasteiger partial charge in [0.25, 0.3) is 5.91 Å². The molecule has 3 heterocycles. The molecule has 1 saturated heterocycles. The molecule has 0 aliphatic carbocycles. The van der Waals surface area contributed by atoms with E-state index in [9.17, 15) is 14.4 Å². The molecular weight excluding hydrogens is 404 g/mol. The number of aromatic amines is 1. The maximum absolute atomic E-state index is 13.0. The third-order valence-corrected chi connectivity index (χ3v) is 6.31. The Morgan fingerprint density at radius 3 is 2.66 bits per heavy atom. The van der Waals surface area contributed by atoms with Gasteiger partial charge in [-0.15, -0.1) is 0 Å². The number of para-hydroxylation sites is 1. The second kappa shape index (κ2) is 8.65. The average molecular weight is 435 g/mol. The number of H-pyrrole nitrogens is 1. The lowest BCUT2D eigenvalue weighted by Crippen LogP contribution is -2.36. The van der Waals surface area contributed by atoms with Crippen molar-refractivity contribution in [3.05, 3.63) is 59.0 Å². The fourth-order valence-corrected chi connectivity index (χ4v) is 4.43. The summed E-state index contributed by atoms with van der Waals surface area (Å²) >= 11 is 0. The number of hydrogen-bond donors (Lipinski definition) is 2. The Morgan fingerprint density at radius 2 is 1.91 bits per heavy atom. The van der Waals surface area contributed by atoms with E-state index in [2.05, 4.69) is 28.7 Å². The molecular formula is C25H30N4O3. The molecule has 1 aliphatic heterocycles. The summed E-state index contributed by atoms with van der Waals surface area (Å²) in [7, 11) is 0. The van der Waals surface area contributed by atoms with Gasteiger partial charge < -0.3 is 14.9 Å². The van der Waals surface area contributed by atoms with Crippen molar-refractivity contribution in [3.8, 4) is 0 Å². The Bertz CT molecular complexity index is 1190. The van der Waals surface area contributed by atoms with Crippen LogP contribution in [0, 0.1) is 19.8 Å². The molecule has 2 N–H and O–H groups in total. The SMILES string of the molecule is Cc1cc(C(=O)CN2C(=O)NC(Cc3c[nH]c4ccccc34)C2=O)c(C)n1CCC(C)C. The molecule has 1 aliphatic rings. The number of carbonyl (C=O) groups is 3. The van der Waals surface area contributed by atoms with Crippen LogP contribution >= 0.6 is 0 Å². The lowest BCUT2D eigenvalue weighted by atomic mass is 10.0. The molecule has 2 aromatic heterocycles.